The van der Waals surface area contributed by atoms with Crippen LogP contribution < -0.4 is 0 Å². The van der Waals surface area contributed by atoms with Crippen molar-refractivity contribution in [2.75, 3.05) is 0 Å². The van der Waals surface area contributed by atoms with Crippen molar-refractivity contribution in [1.29, 1.82) is 0 Å². The maximum atomic E-state index is 14.7. The quantitative estimate of drug-likeness (QED) is 0.305. The number of hydrogen-bond donors (Lipinski definition) is 1. The van der Waals surface area contributed by atoms with Gasteiger partial charge in [-0.1, -0.05) is 36.5 Å². The number of imidazole rings is 1. The number of hydrogen-bond acceptors (Lipinski definition) is 6. The highest BCUT2D eigenvalue weighted by Crippen LogP contribution is 2.38. The van der Waals surface area contributed by atoms with E-state index in [1.54, 1.807) is 19.1 Å². The third-order valence-electron chi connectivity index (χ3n) is 5.76. The van der Waals surface area contributed by atoms with Gasteiger partial charge in [0.2, 0.25) is 0 Å². The maximum Gasteiger partial charge on any atom is 0.194 e. The predicted octanol–water partition coefficient (Wildman–Crippen LogP) is 5.28. The summed E-state index contributed by atoms with van der Waals surface area (Å²) in [5.41, 5.74) is 0.0137. The van der Waals surface area contributed by atoms with Gasteiger partial charge in [0.25, 0.3) is 0 Å². The average molecular weight is 516 g/mol. The van der Waals surface area contributed by atoms with Crippen LogP contribution >= 0.6 is 23.1 Å². The smallest absolute Gasteiger partial charge is 0.194 e. The Kier molecular flexibility index (Phi) is 6.39. The number of aliphatic hydroxyl groups is 1. The summed E-state index contributed by atoms with van der Waals surface area (Å²) in [6, 6.07) is 9.46. The Balaban J connectivity index is 1.35. The molecule has 0 aliphatic heterocycles. The van der Waals surface area contributed by atoms with E-state index in [1.807, 2.05) is 16.8 Å². The predicted molar refractivity (Wildman–Crippen MR) is 129 cm³/mol. The molecular formula is C24H20F3N5OS2. The van der Waals surface area contributed by atoms with Crippen molar-refractivity contribution >= 4 is 28.1 Å². The number of rotatable bonds is 8. The molecule has 0 fully saturated rings. The lowest BCUT2D eigenvalue weighted by atomic mass is 9.90. The minimum Gasteiger partial charge on any atom is -0.382 e. The minimum absolute atomic E-state index is 0.0100. The fraction of sp³-hybridized carbons (Fsp3) is 0.208. The van der Waals surface area contributed by atoms with Gasteiger partial charge < -0.3 is 5.11 Å². The lowest BCUT2D eigenvalue weighted by molar-refractivity contribution is 0.0133. The molecule has 0 saturated heterocycles. The van der Waals surface area contributed by atoms with E-state index < -0.39 is 22.5 Å². The molecule has 2 aromatic carbocycles. The molecular weight excluding hydrogens is 495 g/mol. The fourth-order valence-electron chi connectivity index (χ4n) is 3.84. The molecule has 0 aliphatic rings. The number of benzene rings is 2. The molecule has 0 bridgehead atoms. The van der Waals surface area contributed by atoms with Crippen LogP contribution in [0, 0.1) is 17.5 Å². The van der Waals surface area contributed by atoms with Gasteiger partial charge in [-0.25, -0.2) is 27.8 Å². The summed E-state index contributed by atoms with van der Waals surface area (Å²) in [4.78, 5) is 10.3. The monoisotopic (exact) mass is 515 g/mol. The summed E-state index contributed by atoms with van der Waals surface area (Å²) in [5, 5.41) is 15.2. The highest BCUT2D eigenvalue weighted by Gasteiger charge is 2.39. The summed E-state index contributed by atoms with van der Waals surface area (Å²) in [5.74, 6) is -1.36. The first-order chi connectivity index (χ1) is 16.8. The second kappa shape index (κ2) is 9.48. The van der Waals surface area contributed by atoms with Crippen LogP contribution in [0.4, 0.5) is 13.2 Å². The Labute approximate surface area is 207 Å². The van der Waals surface area contributed by atoms with E-state index >= 15 is 0 Å². The van der Waals surface area contributed by atoms with Crippen molar-refractivity contribution in [1.82, 2.24) is 24.1 Å². The normalized spacial score (nSPS) is 14.3. The largest absolute Gasteiger partial charge is 0.382 e. The molecule has 2 atom stereocenters. The molecule has 5 aromatic rings. The van der Waals surface area contributed by atoms with Gasteiger partial charge in [0, 0.05) is 35.0 Å². The number of nitrogens with zero attached hydrogens (tertiary/aromatic N) is 5. The fourth-order valence-corrected chi connectivity index (χ4v) is 5.87. The zero-order valence-electron chi connectivity index (χ0n) is 18.5. The molecule has 0 saturated carbocycles. The average Bonchev–Trinajstić information content (AvgIpc) is 3.55. The van der Waals surface area contributed by atoms with E-state index in [0.29, 0.717) is 5.75 Å². The Morgan fingerprint density at radius 1 is 1.09 bits per heavy atom. The van der Waals surface area contributed by atoms with E-state index in [1.165, 1.54) is 58.6 Å². The minimum atomic E-state index is -1.68. The third kappa shape index (κ3) is 4.84. The maximum absolute atomic E-state index is 14.7. The van der Waals surface area contributed by atoms with Crippen molar-refractivity contribution in [3.05, 3.63) is 96.2 Å². The Bertz CT molecular complexity index is 1420. The molecule has 3 aromatic heterocycles. The van der Waals surface area contributed by atoms with Crippen LogP contribution in [0.15, 0.2) is 67.5 Å². The van der Waals surface area contributed by atoms with Gasteiger partial charge in [-0.15, -0.1) is 11.8 Å². The van der Waals surface area contributed by atoms with Crippen LogP contribution in [-0.2, 0) is 17.9 Å². The number of aromatic nitrogens is 5. The van der Waals surface area contributed by atoms with Crippen LogP contribution in [0.25, 0.3) is 15.4 Å². The van der Waals surface area contributed by atoms with Crippen molar-refractivity contribution in [2.45, 2.75) is 30.1 Å². The standard InChI is InChI=1S/C24H20F3N5OS2/c1-15(24(33,12-32-14-28-13-29-32)20-7-6-18(26)8-21(20)27)34-11-19-9-31-10-22(35-23(31)30-19)16-2-4-17(25)5-3-16/h2-10,13-15,33H,11-12H2,1H3/t15-,24-/m1/s1. The molecule has 0 spiro atoms. The van der Waals surface area contributed by atoms with Gasteiger partial charge in [0.1, 0.15) is 35.7 Å². The number of halogens is 3. The Morgan fingerprint density at radius 2 is 1.86 bits per heavy atom. The number of fused-ring (bicyclic) bond motifs is 1. The third-order valence-corrected chi connectivity index (χ3v) is 8.15. The molecule has 35 heavy (non-hydrogen) atoms. The van der Waals surface area contributed by atoms with Gasteiger partial charge in [0.05, 0.1) is 17.1 Å². The summed E-state index contributed by atoms with van der Waals surface area (Å²) < 4.78 is 44.8. The molecule has 6 nitrogen and oxygen atoms in total. The highest BCUT2D eigenvalue weighted by molar-refractivity contribution is 7.99. The second-order valence-corrected chi connectivity index (χ2v) is 10.5. The molecule has 1 N–H and O–H groups in total. The van der Waals surface area contributed by atoms with E-state index in [4.69, 9.17) is 0 Å². The van der Waals surface area contributed by atoms with Crippen molar-refractivity contribution in [2.24, 2.45) is 0 Å². The first-order valence-corrected chi connectivity index (χ1v) is 12.5. The van der Waals surface area contributed by atoms with E-state index in [-0.39, 0.29) is 17.9 Å². The Morgan fingerprint density at radius 3 is 2.54 bits per heavy atom. The zero-order valence-corrected chi connectivity index (χ0v) is 20.1. The van der Waals surface area contributed by atoms with Crippen LogP contribution in [0.1, 0.15) is 18.2 Å². The van der Waals surface area contributed by atoms with Crippen LogP contribution in [-0.4, -0.2) is 34.5 Å². The SMILES string of the molecule is C[C@@H](SCc1cn2cc(-c3ccc(F)cc3)sc2n1)[C@](O)(Cn1cncn1)c1ccc(F)cc1F. The first-order valence-electron chi connectivity index (χ1n) is 10.7. The van der Waals surface area contributed by atoms with Crippen molar-refractivity contribution < 1.29 is 18.3 Å². The van der Waals surface area contributed by atoms with Gasteiger partial charge in [-0.3, -0.25) is 4.40 Å². The summed E-state index contributed by atoms with van der Waals surface area (Å²) in [6.07, 6.45) is 6.60. The summed E-state index contributed by atoms with van der Waals surface area (Å²) >= 11 is 2.89. The van der Waals surface area contributed by atoms with Crippen molar-refractivity contribution in [3.63, 3.8) is 0 Å². The van der Waals surface area contributed by atoms with Gasteiger partial charge in [0.15, 0.2) is 4.96 Å². The van der Waals surface area contributed by atoms with Gasteiger partial charge in [-0.05, 0) is 23.8 Å². The highest BCUT2D eigenvalue weighted by atomic mass is 32.2. The topological polar surface area (TPSA) is 68.2 Å². The van der Waals surface area contributed by atoms with Crippen LogP contribution in [0.2, 0.25) is 0 Å². The lowest BCUT2D eigenvalue weighted by Crippen LogP contribution is -2.41. The molecule has 11 heteroatoms. The molecule has 0 radical (unpaired) electrons. The molecule has 0 unspecified atom stereocenters. The van der Waals surface area contributed by atoms with E-state index in [9.17, 15) is 18.3 Å². The number of thioether (sulfide) groups is 1. The second-order valence-electron chi connectivity index (χ2n) is 8.12. The summed E-state index contributed by atoms with van der Waals surface area (Å²) in [7, 11) is 0. The molecule has 180 valence electrons. The lowest BCUT2D eigenvalue weighted by Gasteiger charge is -2.34. The van der Waals surface area contributed by atoms with E-state index in [0.717, 1.165) is 33.2 Å². The zero-order chi connectivity index (χ0) is 24.6. The van der Waals surface area contributed by atoms with Crippen LogP contribution in [0.3, 0.4) is 0 Å². The molecule has 0 amide bonds. The van der Waals surface area contributed by atoms with Gasteiger partial charge >= 0.3 is 0 Å². The Hall–Kier alpha value is -3.15. The van der Waals surface area contributed by atoms with Gasteiger partial charge in [-0.2, -0.15) is 5.10 Å². The first kappa shape index (κ1) is 23.6. The van der Waals surface area contributed by atoms with E-state index in [2.05, 4.69) is 15.1 Å². The molecule has 3 heterocycles. The molecule has 5 rings (SSSR count). The van der Waals surface area contributed by atoms with Crippen molar-refractivity contribution in [3.8, 4) is 10.4 Å². The number of thiazole rings is 1. The van der Waals surface area contributed by atoms with Crippen LogP contribution in [0.5, 0.6) is 0 Å². The summed E-state index contributed by atoms with van der Waals surface area (Å²) in [6.45, 7) is 1.73. The molecule has 0 aliphatic carbocycles.